The second-order valence-electron chi connectivity index (χ2n) is 20.0. The zero-order valence-electron chi connectivity index (χ0n) is 45.1. The van der Waals surface area contributed by atoms with Crippen molar-refractivity contribution < 1.29 is 120 Å². The van der Waals surface area contributed by atoms with Gasteiger partial charge in [-0.15, -0.1) is 0 Å². The van der Waals surface area contributed by atoms with E-state index in [1.165, 1.54) is 26.2 Å². The number of hydrogen-bond donors (Lipinski definition) is 12. The van der Waals surface area contributed by atoms with Crippen LogP contribution in [0.5, 0.6) is 5.75 Å². The zero-order valence-corrected chi connectivity index (χ0v) is 45.9. The van der Waals surface area contributed by atoms with Crippen molar-refractivity contribution in [1.82, 2.24) is 20.9 Å². The lowest BCUT2D eigenvalue weighted by Crippen LogP contribution is -2.71. The van der Waals surface area contributed by atoms with Crippen LogP contribution in [0.25, 0.3) is 0 Å². The van der Waals surface area contributed by atoms with E-state index in [0.717, 1.165) is 51.4 Å². The Balaban J connectivity index is 1.38. The Morgan fingerprint density at radius 3 is 1.65 bits per heavy atom. The predicted molar refractivity (Wildman–Crippen MR) is 270 cm³/mol. The van der Waals surface area contributed by atoms with Crippen molar-refractivity contribution in [3.05, 3.63) is 42.0 Å². The van der Waals surface area contributed by atoms with Crippen LogP contribution in [-0.4, -0.2) is 243 Å². The zero-order chi connectivity index (χ0) is 59.0. The molecule has 4 saturated heterocycles. The summed E-state index contributed by atoms with van der Waals surface area (Å²) in [5.74, 6) is -2.58. The minimum Gasteiger partial charge on any atom is -0.726 e. The van der Waals surface area contributed by atoms with Crippen molar-refractivity contribution in [2.24, 2.45) is 0 Å². The number of allylic oxidation sites excluding steroid dienone is 2. The first kappa shape index (κ1) is 66.7. The fourth-order valence-corrected chi connectivity index (χ4v) is 10.2. The average Bonchev–Trinajstić information content (AvgIpc) is 3.57. The summed E-state index contributed by atoms with van der Waals surface area (Å²) in [6.45, 7) is 2.55. The summed E-state index contributed by atoms with van der Waals surface area (Å²) >= 11 is 0. The number of unbranched alkanes of at least 4 members (excludes halogenated alkanes) is 5. The van der Waals surface area contributed by atoms with Crippen molar-refractivity contribution >= 4 is 34.0 Å². The summed E-state index contributed by atoms with van der Waals surface area (Å²) in [6.07, 6.45) is -18.1. The van der Waals surface area contributed by atoms with E-state index in [9.17, 15) is 78.1 Å². The number of hydrogen-bond acceptors (Lipinski definition) is 25. The Kier molecular flexibility index (Phi) is 26.3. The first-order valence-corrected chi connectivity index (χ1v) is 27.8. The highest BCUT2D eigenvalue weighted by molar-refractivity contribution is 7.80. The van der Waals surface area contributed by atoms with Gasteiger partial charge in [-0.3, -0.25) is 23.4 Å². The molecule has 0 radical (unpaired) electrons. The second kappa shape index (κ2) is 31.5. The van der Waals surface area contributed by atoms with Gasteiger partial charge in [-0.25, -0.2) is 8.42 Å². The van der Waals surface area contributed by atoms with Crippen molar-refractivity contribution in [3.8, 4) is 5.75 Å². The molecule has 0 aromatic heterocycles. The molecule has 5 rings (SSSR count). The molecule has 29 nitrogen and oxygen atoms in total. The van der Waals surface area contributed by atoms with Crippen LogP contribution in [-0.2, 0) is 73.5 Å². The van der Waals surface area contributed by atoms with Gasteiger partial charge in [0.1, 0.15) is 103 Å². The highest BCUT2D eigenvalue weighted by Crippen LogP contribution is 2.36. The van der Waals surface area contributed by atoms with Gasteiger partial charge in [-0.05, 0) is 43.4 Å². The van der Waals surface area contributed by atoms with Crippen molar-refractivity contribution in [1.29, 1.82) is 0 Å². The summed E-state index contributed by atoms with van der Waals surface area (Å²) in [5.41, 5.74) is 0.520. The molecule has 4 amide bonds. The summed E-state index contributed by atoms with van der Waals surface area (Å²) in [4.78, 5) is 52.1. The minimum absolute atomic E-state index is 0.216. The van der Waals surface area contributed by atoms with Crippen LogP contribution >= 0.6 is 0 Å². The largest absolute Gasteiger partial charge is 0.726 e. The van der Waals surface area contributed by atoms with Crippen molar-refractivity contribution in [2.75, 3.05) is 33.0 Å². The summed E-state index contributed by atoms with van der Waals surface area (Å²) in [5, 5.41) is 108. The van der Waals surface area contributed by atoms with Crippen LogP contribution in [0.15, 0.2) is 36.4 Å². The molecule has 1 aromatic carbocycles. The topological polar surface area (TPSA) is 430 Å². The Morgan fingerprint density at radius 1 is 0.637 bits per heavy atom. The number of aliphatic hydroxyl groups excluding tert-OH is 9. The highest BCUT2D eigenvalue weighted by Gasteiger charge is 2.57. The van der Waals surface area contributed by atoms with Crippen LogP contribution < -0.4 is 20.7 Å². The normalized spacial score (nSPS) is 34.8. The van der Waals surface area contributed by atoms with Gasteiger partial charge in [0.25, 0.3) is 0 Å². The van der Waals surface area contributed by atoms with Crippen LogP contribution in [0.3, 0.4) is 0 Å². The lowest BCUT2D eigenvalue weighted by molar-refractivity contribution is -0.364. The molecule has 0 bridgehead atoms. The quantitative estimate of drug-likeness (QED) is 0.0164. The molecule has 20 atom stereocenters. The van der Waals surface area contributed by atoms with E-state index in [0.29, 0.717) is 17.9 Å². The van der Waals surface area contributed by atoms with E-state index in [1.807, 2.05) is 0 Å². The third-order valence-corrected chi connectivity index (χ3v) is 14.2. The summed E-state index contributed by atoms with van der Waals surface area (Å²) in [6, 6.07) is 0.0495. The SMILES string of the molecule is CCCCCC/C=C\CCCOc1cccc(CN(C(C)=O)C2[C@H](O[C@H]3C(O)C(NC(C)=O)[C@H](O[C@@H]4C(CO)O[C@@H](O[C@H]5C(O)C(NC(C)=O)[C@H](O)O[C@H]5COS(=O)(=O)[O-])C(NC(C)=O)[C@H]4O)O[C@H]3CO)OC(CO)[C@@H](O)[C@@H]2O)c1. The van der Waals surface area contributed by atoms with Gasteiger partial charge in [0, 0.05) is 34.2 Å². The molecular formula is C50H79N4O25S-. The van der Waals surface area contributed by atoms with Gasteiger partial charge in [0.15, 0.2) is 25.2 Å². The standard InChI is InChI=1S/C50H80N4O25S/c1-6-7-8-9-10-11-12-13-14-18-71-30-17-15-16-29(19-30)20-54(28(5)61)38-43(66)39(62)31(21-55)74-50(38)79-45-33(23-57)76-48(37(42(45)65)53-27(4)60)77-44-32(22-56)75-49(36(41(44)64)52-26(3)59)78-46-34(24-72-80(68,69)70)73-47(67)35(40(46)63)51-25(2)58/h11-12,15-17,19,31-50,55-57,62-67H,6-10,13-14,18,20-24H2,1-5H3,(H,51,58)(H,52,59)(H,53,60)(H,68,69,70)/p-1/b12-11-/t31?,32?,33-,34-,35?,36?,37?,38?,39+,40?,41+,42?,43+,44+,45+,46+,47+,48-,49-,50-/m0/s1. The molecular weight excluding hydrogens is 1090 g/mol. The predicted octanol–water partition coefficient (Wildman–Crippen LogP) is -4.09. The monoisotopic (exact) mass is 1170 g/mol. The Labute approximate surface area is 463 Å². The molecule has 4 aliphatic rings. The van der Waals surface area contributed by atoms with Gasteiger partial charge in [0.2, 0.25) is 34.0 Å². The number of aliphatic hydroxyl groups is 9. The molecule has 0 saturated carbocycles. The van der Waals surface area contributed by atoms with Gasteiger partial charge >= 0.3 is 0 Å². The number of rotatable bonds is 28. The number of benzene rings is 1. The number of carbonyl (C=O) groups is 4. The van der Waals surface area contributed by atoms with E-state index in [4.69, 9.17) is 37.9 Å². The Hall–Kier alpha value is -4.13. The molecule has 8 unspecified atom stereocenters. The maximum Gasteiger partial charge on any atom is 0.220 e. The lowest BCUT2D eigenvalue weighted by Gasteiger charge is -2.51. The maximum atomic E-state index is 13.6. The molecule has 1 aromatic rings. The molecule has 30 heteroatoms. The second-order valence-corrected chi connectivity index (χ2v) is 21.0. The van der Waals surface area contributed by atoms with Gasteiger partial charge in [-0.1, -0.05) is 50.5 Å². The van der Waals surface area contributed by atoms with Gasteiger partial charge in [0.05, 0.1) is 33.0 Å². The fourth-order valence-electron chi connectivity index (χ4n) is 9.91. The van der Waals surface area contributed by atoms with E-state index in [2.05, 4.69) is 39.2 Å². The molecule has 12 N–H and O–H groups in total. The number of ether oxygens (including phenoxy) is 8. The first-order valence-electron chi connectivity index (χ1n) is 26.5. The number of amides is 4. The maximum absolute atomic E-state index is 13.6. The van der Waals surface area contributed by atoms with Crippen LogP contribution in [0.2, 0.25) is 0 Å². The van der Waals surface area contributed by atoms with Gasteiger partial charge in [-0.2, -0.15) is 0 Å². The molecule has 456 valence electrons. The fraction of sp³-hybridized carbons (Fsp3) is 0.760. The van der Waals surface area contributed by atoms with E-state index in [-0.39, 0.29) is 6.54 Å². The number of nitrogens with one attached hydrogen (secondary N) is 3. The van der Waals surface area contributed by atoms with Crippen LogP contribution in [0, 0.1) is 0 Å². The van der Waals surface area contributed by atoms with Gasteiger partial charge < -0.3 is 109 Å². The summed E-state index contributed by atoms with van der Waals surface area (Å²) in [7, 11) is -5.42. The molecule has 4 fully saturated rings. The van der Waals surface area contributed by atoms with Crippen LogP contribution in [0.1, 0.15) is 85.1 Å². The van der Waals surface area contributed by atoms with Crippen molar-refractivity contribution in [3.63, 3.8) is 0 Å². The van der Waals surface area contributed by atoms with E-state index in [1.54, 1.807) is 24.3 Å². The molecule has 0 aliphatic carbocycles. The Bertz CT molecular complexity index is 2270. The third kappa shape index (κ3) is 18.4. The number of nitrogens with zero attached hydrogens (tertiary/aromatic N) is 1. The average molecular weight is 1170 g/mol. The summed E-state index contributed by atoms with van der Waals surface area (Å²) < 4.78 is 86.3. The first-order chi connectivity index (χ1) is 37.9. The minimum atomic E-state index is -5.42. The molecule has 4 heterocycles. The number of carbonyl (C=O) groups excluding carboxylic acids is 4. The van der Waals surface area contributed by atoms with Crippen LogP contribution in [0.4, 0.5) is 0 Å². The van der Waals surface area contributed by atoms with Crippen molar-refractivity contribution in [2.45, 2.75) is 209 Å². The smallest absolute Gasteiger partial charge is 0.220 e. The molecule has 0 spiro atoms. The molecule has 80 heavy (non-hydrogen) atoms. The molecule has 4 aliphatic heterocycles. The van der Waals surface area contributed by atoms with E-state index < -0.39 is 183 Å². The Morgan fingerprint density at radius 2 is 1.14 bits per heavy atom. The lowest BCUT2D eigenvalue weighted by atomic mass is 9.92. The van der Waals surface area contributed by atoms with E-state index >= 15 is 0 Å². The highest BCUT2D eigenvalue weighted by atomic mass is 32.3. The third-order valence-electron chi connectivity index (χ3n) is 13.8.